The van der Waals surface area contributed by atoms with E-state index in [1.54, 1.807) is 31.3 Å². The van der Waals surface area contributed by atoms with Crippen LogP contribution in [-0.4, -0.2) is 31.6 Å². The predicted octanol–water partition coefficient (Wildman–Crippen LogP) is 4.11. The molecule has 5 aromatic rings. The Morgan fingerprint density at radius 3 is 2.47 bits per heavy atom. The van der Waals surface area contributed by atoms with E-state index in [1.807, 2.05) is 13.0 Å². The third kappa shape index (κ3) is 2.88. The molecule has 10 heteroatoms. The Morgan fingerprint density at radius 1 is 1.06 bits per heavy atom. The molecule has 0 spiro atoms. The van der Waals surface area contributed by atoms with Gasteiger partial charge in [-0.2, -0.15) is 5.10 Å². The molecular weight excluding hydrogens is 446 g/mol. The third-order valence-corrected chi connectivity index (χ3v) is 7.70. The maximum atomic E-state index is 13.4. The molecule has 5 N–H and O–H groups in total. The van der Waals surface area contributed by atoms with Crippen molar-refractivity contribution in [2.75, 3.05) is 11.5 Å². The van der Waals surface area contributed by atoms with Crippen LogP contribution in [0.2, 0.25) is 0 Å². The number of ketones is 1. The first-order chi connectivity index (χ1) is 15.3. The normalized spacial score (nSPS) is 11.4. The van der Waals surface area contributed by atoms with Gasteiger partial charge in [-0.1, -0.05) is 6.07 Å². The van der Waals surface area contributed by atoms with Crippen LogP contribution in [0.15, 0.2) is 36.5 Å². The van der Waals surface area contributed by atoms with E-state index in [1.165, 1.54) is 33.4 Å². The molecule has 0 radical (unpaired) electrons. The quantitative estimate of drug-likeness (QED) is 0.342. The number of fused-ring (bicyclic) bond motifs is 2. The van der Waals surface area contributed by atoms with Crippen molar-refractivity contribution >= 4 is 66.0 Å². The van der Waals surface area contributed by atoms with E-state index >= 15 is 0 Å². The molecule has 4 aromatic heterocycles. The number of carbonyl (C=O) groups excluding carboxylic acids is 2. The van der Waals surface area contributed by atoms with E-state index in [0.717, 1.165) is 5.69 Å². The number of aromatic nitrogens is 3. The molecule has 32 heavy (non-hydrogen) atoms. The van der Waals surface area contributed by atoms with E-state index < -0.39 is 0 Å². The van der Waals surface area contributed by atoms with Crippen molar-refractivity contribution in [3.63, 3.8) is 0 Å². The van der Waals surface area contributed by atoms with Crippen molar-refractivity contribution < 1.29 is 14.7 Å². The summed E-state index contributed by atoms with van der Waals surface area (Å²) in [5, 5.41) is 15.3. The molecule has 0 atom stereocenters. The van der Waals surface area contributed by atoms with E-state index in [2.05, 4.69) is 10.1 Å². The van der Waals surface area contributed by atoms with E-state index in [4.69, 9.17) is 11.5 Å². The summed E-state index contributed by atoms with van der Waals surface area (Å²) in [7, 11) is 0. The Hall–Kier alpha value is -3.76. The summed E-state index contributed by atoms with van der Waals surface area (Å²) in [6.07, 6.45) is 1.55. The van der Waals surface area contributed by atoms with Crippen molar-refractivity contribution in [1.82, 2.24) is 14.8 Å². The smallest absolute Gasteiger partial charge is 0.290 e. The highest BCUT2D eigenvalue weighted by Gasteiger charge is 2.27. The lowest BCUT2D eigenvalue weighted by Crippen LogP contribution is -2.15. The molecule has 0 fully saturated rings. The molecule has 0 amide bonds. The fourth-order valence-corrected chi connectivity index (χ4v) is 6.23. The van der Waals surface area contributed by atoms with Crippen LogP contribution in [0.5, 0.6) is 5.75 Å². The van der Waals surface area contributed by atoms with Crippen LogP contribution in [0.1, 0.15) is 36.3 Å². The number of phenols is 1. The number of nitrogens with zero attached hydrogens (tertiary/aromatic N) is 3. The summed E-state index contributed by atoms with van der Waals surface area (Å²) in [4.78, 5) is 31.2. The maximum Gasteiger partial charge on any atom is 0.290 e. The lowest BCUT2D eigenvalue weighted by Gasteiger charge is -2.07. The minimum absolute atomic E-state index is 0.00571. The second kappa shape index (κ2) is 7.14. The number of anilines is 2. The van der Waals surface area contributed by atoms with Crippen molar-refractivity contribution in [1.29, 1.82) is 0 Å². The summed E-state index contributed by atoms with van der Waals surface area (Å²) in [5.41, 5.74) is 15.3. The number of nitrogen functional groups attached to an aromatic ring is 2. The molecule has 0 bridgehead atoms. The number of aromatic hydroxyl groups is 1. The van der Waals surface area contributed by atoms with Gasteiger partial charge in [-0.05, 0) is 38.1 Å². The van der Waals surface area contributed by atoms with Crippen LogP contribution < -0.4 is 11.5 Å². The molecule has 0 saturated heterocycles. The minimum atomic E-state index is -0.329. The first-order valence-corrected chi connectivity index (χ1v) is 11.2. The van der Waals surface area contributed by atoms with Gasteiger partial charge in [0.1, 0.15) is 21.0 Å². The lowest BCUT2D eigenvalue weighted by atomic mass is 10.0. The van der Waals surface area contributed by atoms with Gasteiger partial charge in [-0.25, -0.2) is 4.68 Å². The van der Waals surface area contributed by atoms with Gasteiger partial charge >= 0.3 is 0 Å². The summed E-state index contributed by atoms with van der Waals surface area (Å²) in [5.74, 6) is -0.627. The number of nitrogens with two attached hydrogens (primary N) is 2. The van der Waals surface area contributed by atoms with Crippen molar-refractivity contribution in [3.05, 3.63) is 63.2 Å². The zero-order valence-electron chi connectivity index (χ0n) is 17.0. The highest BCUT2D eigenvalue weighted by molar-refractivity contribution is 7.40. The Balaban J connectivity index is 1.61. The molecule has 0 aliphatic rings. The van der Waals surface area contributed by atoms with Crippen LogP contribution in [0.3, 0.4) is 0 Å². The molecule has 1 aromatic carbocycles. The zero-order chi connectivity index (χ0) is 22.7. The Morgan fingerprint density at radius 2 is 1.78 bits per heavy atom. The van der Waals surface area contributed by atoms with Crippen molar-refractivity contribution in [2.45, 2.75) is 13.8 Å². The number of rotatable bonds is 3. The fourth-order valence-electron chi connectivity index (χ4n) is 3.75. The number of hydrogen-bond acceptors (Lipinski definition) is 9. The van der Waals surface area contributed by atoms with Crippen LogP contribution in [0.25, 0.3) is 20.3 Å². The number of aryl methyl sites for hydroxylation is 2. The molecule has 8 nitrogen and oxygen atoms in total. The summed E-state index contributed by atoms with van der Waals surface area (Å²) in [6, 6.07) is 8.22. The summed E-state index contributed by atoms with van der Waals surface area (Å²) >= 11 is 2.39. The molecule has 4 heterocycles. The maximum absolute atomic E-state index is 13.4. The second-order valence-corrected chi connectivity index (χ2v) is 9.66. The summed E-state index contributed by atoms with van der Waals surface area (Å²) in [6.45, 7) is 3.61. The molecule has 160 valence electrons. The number of thiophene rings is 2. The molecule has 0 unspecified atom stereocenters. The van der Waals surface area contributed by atoms with Gasteiger partial charge in [0, 0.05) is 22.8 Å². The topological polar surface area (TPSA) is 137 Å². The van der Waals surface area contributed by atoms with Crippen LogP contribution in [-0.2, 0) is 0 Å². The average molecular weight is 464 g/mol. The first-order valence-electron chi connectivity index (χ1n) is 9.57. The predicted molar refractivity (Wildman–Crippen MR) is 127 cm³/mol. The second-order valence-electron chi connectivity index (χ2n) is 7.36. The van der Waals surface area contributed by atoms with Crippen molar-refractivity contribution in [2.24, 2.45) is 0 Å². The van der Waals surface area contributed by atoms with Gasteiger partial charge in [0.2, 0.25) is 5.78 Å². The minimum Gasteiger partial charge on any atom is -0.506 e. The van der Waals surface area contributed by atoms with Crippen LogP contribution in [0, 0.1) is 13.8 Å². The lowest BCUT2D eigenvalue weighted by molar-refractivity contribution is 0.0946. The number of hydrogen-bond donors (Lipinski definition) is 3. The number of benzene rings is 1. The van der Waals surface area contributed by atoms with E-state index in [-0.39, 0.29) is 28.8 Å². The molecule has 0 saturated carbocycles. The Labute approximate surface area is 189 Å². The Kier molecular flexibility index (Phi) is 4.50. The van der Waals surface area contributed by atoms with Gasteiger partial charge in [-0.3, -0.25) is 14.6 Å². The fraction of sp³-hybridized carbons (Fsp3) is 0.0909. The first kappa shape index (κ1) is 20.2. The largest absolute Gasteiger partial charge is 0.506 e. The van der Waals surface area contributed by atoms with Crippen LogP contribution in [0.4, 0.5) is 11.4 Å². The number of phenolic OH excluding ortho intramolecular Hbond substituents is 1. The van der Waals surface area contributed by atoms with Crippen LogP contribution >= 0.6 is 22.7 Å². The van der Waals surface area contributed by atoms with Gasteiger partial charge in [0.25, 0.3) is 5.91 Å². The standard InChI is InChI=1S/C22H17N5O3S2/c1-9-8-10(2)27(26-9)21(30)20-16(24)14-15(23)19(31-22(14)32-20)18(29)12-5-6-13(28)17-11(12)4-3-7-25-17/h3-8,28H,23-24H2,1-2H3. The van der Waals surface area contributed by atoms with Gasteiger partial charge in [0.15, 0.2) is 0 Å². The third-order valence-electron chi connectivity index (χ3n) is 5.22. The average Bonchev–Trinajstić information content (AvgIpc) is 3.40. The zero-order valence-corrected chi connectivity index (χ0v) is 18.7. The molecule has 0 aliphatic heterocycles. The molecule has 0 aliphatic carbocycles. The highest BCUT2D eigenvalue weighted by atomic mass is 32.2. The molecule has 5 rings (SSSR count). The SMILES string of the molecule is Cc1cc(C)n(C(=O)c2sc3sc(C(=O)c4ccc(O)c5ncccc45)c(N)c3c2N)n1. The van der Waals surface area contributed by atoms with E-state index in [9.17, 15) is 14.7 Å². The number of carbonyl (C=O) groups is 2. The Bertz CT molecular complexity index is 1580. The van der Waals surface area contributed by atoms with E-state index in [0.29, 0.717) is 41.3 Å². The van der Waals surface area contributed by atoms with Gasteiger partial charge < -0.3 is 16.6 Å². The van der Waals surface area contributed by atoms with Gasteiger partial charge in [-0.15, -0.1) is 22.7 Å². The summed E-state index contributed by atoms with van der Waals surface area (Å²) < 4.78 is 2.01. The van der Waals surface area contributed by atoms with Gasteiger partial charge in [0.05, 0.1) is 26.5 Å². The van der Waals surface area contributed by atoms with Crippen molar-refractivity contribution in [3.8, 4) is 5.75 Å². The number of pyridine rings is 1. The molecular formula is C22H17N5O3S2. The highest BCUT2D eigenvalue weighted by Crippen LogP contribution is 2.46. The monoisotopic (exact) mass is 463 g/mol.